The average Bonchev–Trinajstić information content (AvgIpc) is 3.40. The topological polar surface area (TPSA) is 56.9 Å². The summed E-state index contributed by atoms with van der Waals surface area (Å²) < 4.78 is 15.2. The molecule has 6 rings (SSSR count). The zero-order chi connectivity index (χ0) is 26.9. The molecule has 198 valence electrons. The van der Waals surface area contributed by atoms with Gasteiger partial charge >= 0.3 is 0 Å². The van der Waals surface area contributed by atoms with Gasteiger partial charge in [0.15, 0.2) is 0 Å². The number of imidazole rings is 1. The van der Waals surface area contributed by atoms with E-state index in [4.69, 9.17) is 9.47 Å². The number of anilines is 1. The van der Waals surface area contributed by atoms with Crippen LogP contribution in [0.1, 0.15) is 41.4 Å². The lowest BCUT2D eigenvalue weighted by atomic mass is 9.96. The molecule has 6 nitrogen and oxygen atoms in total. The van der Waals surface area contributed by atoms with Crippen molar-refractivity contribution >= 4 is 17.2 Å². The molecule has 0 spiro atoms. The van der Waals surface area contributed by atoms with Gasteiger partial charge in [0.2, 0.25) is 0 Å². The van der Waals surface area contributed by atoms with Crippen molar-refractivity contribution in [1.82, 2.24) is 8.97 Å². The van der Waals surface area contributed by atoms with Gasteiger partial charge in [-0.05, 0) is 90.9 Å². The lowest BCUT2D eigenvalue weighted by Crippen LogP contribution is -2.15. The number of amides is 1. The van der Waals surface area contributed by atoms with Crippen molar-refractivity contribution in [3.8, 4) is 33.9 Å². The normalized spacial score (nSPS) is 12.8. The molecule has 1 N–H and O–H groups in total. The van der Waals surface area contributed by atoms with Crippen LogP contribution in [-0.4, -0.2) is 29.1 Å². The molecule has 3 heterocycles. The fourth-order valence-electron chi connectivity index (χ4n) is 5.68. The van der Waals surface area contributed by atoms with E-state index in [0.717, 1.165) is 77.4 Å². The molecule has 3 aromatic carbocycles. The van der Waals surface area contributed by atoms with Crippen LogP contribution in [0.25, 0.3) is 28.0 Å². The van der Waals surface area contributed by atoms with Gasteiger partial charge in [-0.3, -0.25) is 9.20 Å². The van der Waals surface area contributed by atoms with E-state index in [1.54, 1.807) is 14.2 Å². The minimum atomic E-state index is -0.130. The zero-order valence-corrected chi connectivity index (χ0v) is 22.7. The first-order valence-electron chi connectivity index (χ1n) is 13.6. The first kappa shape index (κ1) is 24.9. The highest BCUT2D eigenvalue weighted by Gasteiger charge is 2.29. The predicted octanol–water partition coefficient (Wildman–Crippen LogP) is 7.24. The molecule has 0 atom stereocenters. The molecule has 6 heteroatoms. The number of carbonyl (C=O) groups is 1. The number of aromatic nitrogens is 2. The van der Waals surface area contributed by atoms with Crippen LogP contribution < -0.4 is 14.8 Å². The van der Waals surface area contributed by atoms with Crippen LogP contribution in [0, 0.1) is 0 Å². The molecule has 2 aromatic heterocycles. The Morgan fingerprint density at radius 2 is 1.49 bits per heavy atom. The minimum Gasteiger partial charge on any atom is -0.497 e. The number of benzene rings is 3. The molecule has 39 heavy (non-hydrogen) atoms. The molecule has 0 unspecified atom stereocenters. The van der Waals surface area contributed by atoms with E-state index < -0.39 is 0 Å². The van der Waals surface area contributed by atoms with Crippen molar-refractivity contribution in [2.75, 3.05) is 19.5 Å². The van der Waals surface area contributed by atoms with Gasteiger partial charge in [0.25, 0.3) is 5.91 Å². The first-order valence-corrected chi connectivity index (χ1v) is 13.6. The number of nitrogens with one attached hydrogen (secondary N) is 1. The lowest BCUT2D eigenvalue weighted by molar-refractivity contribution is 0.102. The molecule has 0 aliphatic carbocycles. The Hall–Kier alpha value is -4.45. The smallest absolute Gasteiger partial charge is 0.273 e. The summed E-state index contributed by atoms with van der Waals surface area (Å²) in [4.78, 5) is 14.1. The number of ether oxygens (including phenoxy) is 2. The molecule has 1 amide bonds. The molecule has 0 saturated heterocycles. The molecular formula is C33H33N3O3. The van der Waals surface area contributed by atoms with Crippen LogP contribution in [0.4, 0.5) is 5.69 Å². The van der Waals surface area contributed by atoms with Gasteiger partial charge in [-0.1, -0.05) is 31.2 Å². The Bertz CT molecular complexity index is 1630. The summed E-state index contributed by atoms with van der Waals surface area (Å²) in [6.07, 6.45) is 6.19. The number of methoxy groups -OCH3 is 2. The Morgan fingerprint density at radius 3 is 2.13 bits per heavy atom. The number of rotatable bonds is 7. The summed E-state index contributed by atoms with van der Waals surface area (Å²) in [6.45, 7) is 3.07. The van der Waals surface area contributed by atoms with Crippen LogP contribution in [0.3, 0.4) is 0 Å². The fourth-order valence-corrected chi connectivity index (χ4v) is 5.68. The van der Waals surface area contributed by atoms with Gasteiger partial charge in [0.05, 0.1) is 19.9 Å². The molecule has 0 bridgehead atoms. The standard InChI is InChI=1S/C33H33N3O3/c1-4-22-8-10-24(11-9-22)30-28-7-5-6-20-35-29(23-12-16-26(38-2)17-13-23)21-36(33(28)35)31(30)32(37)34-25-14-18-27(39-3)19-15-25/h8-19,21H,4-7,20H2,1-3H3,(H,34,37). The Kier molecular flexibility index (Phi) is 6.61. The summed E-state index contributed by atoms with van der Waals surface area (Å²) >= 11 is 0. The van der Waals surface area contributed by atoms with E-state index in [9.17, 15) is 4.79 Å². The highest BCUT2D eigenvalue weighted by Crippen LogP contribution is 2.40. The largest absolute Gasteiger partial charge is 0.497 e. The van der Waals surface area contributed by atoms with Gasteiger partial charge in [-0.25, -0.2) is 0 Å². The van der Waals surface area contributed by atoms with Gasteiger partial charge in [0.1, 0.15) is 22.8 Å². The Labute approximate surface area is 228 Å². The molecular weight excluding hydrogens is 486 g/mol. The van der Waals surface area contributed by atoms with E-state index in [1.807, 2.05) is 36.4 Å². The number of hydrogen-bond acceptors (Lipinski definition) is 3. The maximum Gasteiger partial charge on any atom is 0.273 e. The van der Waals surface area contributed by atoms with Gasteiger partial charge in [-0.2, -0.15) is 0 Å². The second-order valence-electron chi connectivity index (χ2n) is 9.98. The van der Waals surface area contributed by atoms with Crippen LogP contribution in [-0.2, 0) is 19.4 Å². The molecule has 5 aromatic rings. The average molecular weight is 520 g/mol. The second-order valence-corrected chi connectivity index (χ2v) is 9.98. The lowest BCUT2D eigenvalue weighted by Gasteiger charge is -2.11. The van der Waals surface area contributed by atoms with Crippen molar-refractivity contribution < 1.29 is 14.3 Å². The minimum absolute atomic E-state index is 0.130. The zero-order valence-electron chi connectivity index (χ0n) is 22.7. The quantitative estimate of drug-likeness (QED) is 0.247. The van der Waals surface area contributed by atoms with Gasteiger partial charge in [-0.15, -0.1) is 0 Å². The number of nitrogens with zero attached hydrogens (tertiary/aromatic N) is 2. The van der Waals surface area contributed by atoms with Crippen LogP contribution in [0.15, 0.2) is 79.0 Å². The maximum atomic E-state index is 14.1. The summed E-state index contributed by atoms with van der Waals surface area (Å²) in [5.74, 6) is 1.45. The summed E-state index contributed by atoms with van der Waals surface area (Å²) in [5.41, 5.74) is 9.31. The number of aryl methyl sites for hydroxylation is 3. The van der Waals surface area contributed by atoms with Gasteiger partial charge < -0.3 is 19.4 Å². The van der Waals surface area contributed by atoms with Crippen molar-refractivity contribution in [3.05, 3.63) is 95.8 Å². The van der Waals surface area contributed by atoms with Crippen molar-refractivity contribution in [2.24, 2.45) is 0 Å². The summed E-state index contributed by atoms with van der Waals surface area (Å²) in [5, 5.41) is 3.15. The first-order chi connectivity index (χ1) is 19.1. The van der Waals surface area contributed by atoms with Gasteiger partial charge in [0, 0.05) is 29.6 Å². The summed E-state index contributed by atoms with van der Waals surface area (Å²) in [6, 6.07) is 24.3. The van der Waals surface area contributed by atoms with E-state index >= 15 is 0 Å². The van der Waals surface area contributed by atoms with E-state index in [0.29, 0.717) is 5.69 Å². The van der Waals surface area contributed by atoms with E-state index in [1.165, 1.54) is 11.1 Å². The molecule has 1 aliphatic rings. The Balaban J connectivity index is 1.55. The maximum absolute atomic E-state index is 14.1. The molecule has 0 fully saturated rings. The third kappa shape index (κ3) is 4.46. The van der Waals surface area contributed by atoms with Crippen LogP contribution in [0.5, 0.6) is 11.5 Å². The third-order valence-electron chi connectivity index (χ3n) is 7.73. The fraction of sp³-hybridized carbons (Fsp3) is 0.242. The van der Waals surface area contributed by atoms with E-state index in [2.05, 4.69) is 63.8 Å². The predicted molar refractivity (Wildman–Crippen MR) is 156 cm³/mol. The Morgan fingerprint density at radius 1 is 0.846 bits per heavy atom. The third-order valence-corrected chi connectivity index (χ3v) is 7.73. The van der Waals surface area contributed by atoms with E-state index in [-0.39, 0.29) is 5.91 Å². The highest BCUT2D eigenvalue weighted by molar-refractivity contribution is 6.10. The molecule has 0 radical (unpaired) electrons. The number of hydrogen-bond donors (Lipinski definition) is 1. The monoisotopic (exact) mass is 519 g/mol. The molecule has 0 saturated carbocycles. The number of carbonyl (C=O) groups excluding carboxylic acids is 1. The second kappa shape index (κ2) is 10.4. The highest BCUT2D eigenvalue weighted by atomic mass is 16.5. The van der Waals surface area contributed by atoms with Crippen LogP contribution >= 0.6 is 0 Å². The van der Waals surface area contributed by atoms with Crippen LogP contribution in [0.2, 0.25) is 0 Å². The van der Waals surface area contributed by atoms with Crippen molar-refractivity contribution in [2.45, 2.75) is 39.2 Å². The summed E-state index contributed by atoms with van der Waals surface area (Å²) in [7, 11) is 3.32. The SMILES string of the molecule is CCc1ccc(-c2c3c4n(c(-c5ccc(OC)cc5)cn4c2C(=O)Nc2ccc(OC)cc2)CCCC3)cc1. The molecule has 1 aliphatic heterocycles. The van der Waals surface area contributed by atoms with Crippen molar-refractivity contribution in [1.29, 1.82) is 0 Å². The van der Waals surface area contributed by atoms with Crippen molar-refractivity contribution in [3.63, 3.8) is 0 Å².